The molecule has 0 saturated carbocycles. The quantitative estimate of drug-likeness (QED) is 0.796. The predicted molar refractivity (Wildman–Crippen MR) is 76.1 cm³/mol. The SMILES string of the molecule is Cc1csc(SCCS(=O)(=O)c2ccccc2)n1. The average Bonchev–Trinajstić information content (AvgIpc) is 2.76. The largest absolute Gasteiger partial charge is 0.235 e. The molecule has 1 heterocycles. The van der Waals surface area contributed by atoms with Crippen LogP contribution in [0.5, 0.6) is 0 Å². The molecule has 2 rings (SSSR count). The first kappa shape index (κ1) is 13.6. The zero-order chi connectivity index (χ0) is 13.0. The van der Waals surface area contributed by atoms with Gasteiger partial charge in [0.2, 0.25) is 0 Å². The molecule has 0 amide bonds. The lowest BCUT2D eigenvalue weighted by atomic mass is 10.4. The van der Waals surface area contributed by atoms with Crippen LogP contribution in [0.4, 0.5) is 0 Å². The number of hydrogen-bond donors (Lipinski definition) is 0. The van der Waals surface area contributed by atoms with Gasteiger partial charge in [0.15, 0.2) is 9.84 Å². The van der Waals surface area contributed by atoms with E-state index in [2.05, 4.69) is 4.98 Å². The molecule has 0 unspecified atom stereocenters. The van der Waals surface area contributed by atoms with Gasteiger partial charge in [-0.2, -0.15) is 0 Å². The molecule has 0 atom stereocenters. The summed E-state index contributed by atoms with van der Waals surface area (Å²) in [6.07, 6.45) is 0. The summed E-state index contributed by atoms with van der Waals surface area (Å²) in [7, 11) is -3.17. The van der Waals surface area contributed by atoms with Crippen LogP contribution in [0.2, 0.25) is 0 Å². The van der Waals surface area contributed by atoms with Gasteiger partial charge in [0.25, 0.3) is 0 Å². The summed E-state index contributed by atoms with van der Waals surface area (Å²) in [6, 6.07) is 8.56. The van der Waals surface area contributed by atoms with Crippen molar-refractivity contribution in [2.45, 2.75) is 16.2 Å². The Labute approximate surface area is 115 Å². The lowest BCUT2D eigenvalue weighted by Gasteiger charge is -2.02. The van der Waals surface area contributed by atoms with Gasteiger partial charge in [0.1, 0.15) is 4.34 Å². The second-order valence-corrected chi connectivity index (χ2v) is 8.04. The minimum Gasteiger partial charge on any atom is -0.235 e. The van der Waals surface area contributed by atoms with Crippen LogP contribution in [0, 0.1) is 6.92 Å². The third-order valence-corrected chi connectivity index (χ3v) is 6.41. The maximum absolute atomic E-state index is 12.0. The van der Waals surface area contributed by atoms with Gasteiger partial charge in [0, 0.05) is 16.8 Å². The highest BCUT2D eigenvalue weighted by Crippen LogP contribution is 2.23. The molecule has 0 fully saturated rings. The van der Waals surface area contributed by atoms with E-state index in [4.69, 9.17) is 0 Å². The second-order valence-electron chi connectivity index (χ2n) is 3.74. The van der Waals surface area contributed by atoms with Gasteiger partial charge < -0.3 is 0 Å². The van der Waals surface area contributed by atoms with Crippen molar-refractivity contribution in [2.75, 3.05) is 11.5 Å². The molecule has 2 aromatic rings. The molecule has 0 radical (unpaired) electrons. The molecule has 0 bridgehead atoms. The summed E-state index contributed by atoms with van der Waals surface area (Å²) in [5, 5.41) is 1.97. The summed E-state index contributed by atoms with van der Waals surface area (Å²) in [5.41, 5.74) is 0.980. The third-order valence-electron chi connectivity index (χ3n) is 2.28. The van der Waals surface area contributed by atoms with Crippen LogP contribution in [0.15, 0.2) is 44.9 Å². The molecule has 0 aliphatic carbocycles. The van der Waals surface area contributed by atoms with Crippen LogP contribution < -0.4 is 0 Å². The molecule has 18 heavy (non-hydrogen) atoms. The van der Waals surface area contributed by atoms with Crippen molar-refractivity contribution in [2.24, 2.45) is 0 Å². The van der Waals surface area contributed by atoms with Crippen molar-refractivity contribution in [1.29, 1.82) is 0 Å². The molecule has 0 saturated heterocycles. The fraction of sp³-hybridized carbons (Fsp3) is 0.250. The van der Waals surface area contributed by atoms with Gasteiger partial charge >= 0.3 is 0 Å². The monoisotopic (exact) mass is 299 g/mol. The first-order valence-electron chi connectivity index (χ1n) is 5.41. The molecule has 0 aliphatic rings. The number of aryl methyl sites for hydroxylation is 1. The van der Waals surface area contributed by atoms with E-state index in [0.717, 1.165) is 10.0 Å². The second kappa shape index (κ2) is 5.86. The summed E-state index contributed by atoms with van der Waals surface area (Å²) >= 11 is 3.04. The number of nitrogens with zero attached hydrogens (tertiary/aromatic N) is 1. The van der Waals surface area contributed by atoms with Crippen LogP contribution in [0.1, 0.15) is 5.69 Å². The normalized spacial score (nSPS) is 11.6. The number of hydrogen-bond acceptors (Lipinski definition) is 5. The first-order valence-corrected chi connectivity index (χ1v) is 8.92. The van der Waals surface area contributed by atoms with Gasteiger partial charge in [0.05, 0.1) is 10.6 Å². The standard InChI is InChI=1S/C12H13NO2S3/c1-10-9-17-12(13-10)16-7-8-18(14,15)11-5-3-2-4-6-11/h2-6,9H,7-8H2,1H3. The topological polar surface area (TPSA) is 47.0 Å². The van der Waals surface area contributed by atoms with Crippen LogP contribution in [0.25, 0.3) is 0 Å². The van der Waals surface area contributed by atoms with Gasteiger partial charge in [-0.1, -0.05) is 30.0 Å². The van der Waals surface area contributed by atoms with E-state index in [1.54, 1.807) is 35.6 Å². The zero-order valence-corrected chi connectivity index (χ0v) is 12.3. The number of thioether (sulfide) groups is 1. The maximum atomic E-state index is 12.0. The van der Waals surface area contributed by atoms with E-state index in [-0.39, 0.29) is 5.75 Å². The van der Waals surface area contributed by atoms with Gasteiger partial charge in [-0.25, -0.2) is 13.4 Å². The number of thiazole rings is 1. The molecule has 0 N–H and O–H groups in total. The fourth-order valence-electron chi connectivity index (χ4n) is 1.38. The smallest absolute Gasteiger partial charge is 0.179 e. The Morgan fingerprint density at radius 3 is 2.61 bits per heavy atom. The van der Waals surface area contributed by atoms with E-state index in [1.807, 2.05) is 18.4 Å². The molecule has 0 spiro atoms. The lowest BCUT2D eigenvalue weighted by Crippen LogP contribution is -2.08. The highest BCUT2D eigenvalue weighted by atomic mass is 32.2. The highest BCUT2D eigenvalue weighted by molar-refractivity contribution is 8.02. The maximum Gasteiger partial charge on any atom is 0.179 e. The minimum atomic E-state index is -3.17. The molecule has 0 aliphatic heterocycles. The summed E-state index contributed by atoms with van der Waals surface area (Å²) in [6.45, 7) is 1.93. The third kappa shape index (κ3) is 3.57. The Kier molecular flexibility index (Phi) is 4.42. The van der Waals surface area contributed by atoms with Crippen molar-refractivity contribution >= 4 is 32.9 Å². The highest BCUT2D eigenvalue weighted by Gasteiger charge is 2.13. The zero-order valence-electron chi connectivity index (χ0n) is 9.87. The Balaban J connectivity index is 1.94. The van der Waals surface area contributed by atoms with E-state index < -0.39 is 9.84 Å². The molecular formula is C12H13NO2S3. The molecule has 6 heteroatoms. The Morgan fingerprint density at radius 2 is 2.00 bits per heavy atom. The van der Waals surface area contributed by atoms with Crippen LogP contribution >= 0.6 is 23.1 Å². The Bertz CT molecular complexity index is 605. The van der Waals surface area contributed by atoms with Crippen LogP contribution in [-0.4, -0.2) is 24.9 Å². The average molecular weight is 299 g/mol. The molecule has 3 nitrogen and oxygen atoms in total. The fourth-order valence-corrected chi connectivity index (χ4v) is 4.97. The van der Waals surface area contributed by atoms with E-state index in [0.29, 0.717) is 10.6 Å². The van der Waals surface area contributed by atoms with Crippen molar-refractivity contribution in [3.63, 3.8) is 0 Å². The minimum absolute atomic E-state index is 0.139. The lowest BCUT2D eigenvalue weighted by molar-refractivity contribution is 0.597. The number of sulfone groups is 1. The first-order chi connectivity index (χ1) is 8.58. The van der Waals surface area contributed by atoms with Crippen molar-refractivity contribution in [3.8, 4) is 0 Å². The number of rotatable bonds is 5. The van der Waals surface area contributed by atoms with Gasteiger partial charge in [-0.3, -0.25) is 0 Å². The number of benzene rings is 1. The predicted octanol–water partition coefficient (Wildman–Crippen LogP) is 3.02. The van der Waals surface area contributed by atoms with Crippen molar-refractivity contribution in [3.05, 3.63) is 41.4 Å². The van der Waals surface area contributed by atoms with E-state index >= 15 is 0 Å². The van der Waals surface area contributed by atoms with E-state index in [9.17, 15) is 8.42 Å². The molecular weight excluding hydrogens is 286 g/mol. The Morgan fingerprint density at radius 1 is 1.28 bits per heavy atom. The Hall–Kier alpha value is -0.850. The van der Waals surface area contributed by atoms with Crippen LogP contribution in [0.3, 0.4) is 0 Å². The molecule has 1 aromatic heterocycles. The molecule has 1 aromatic carbocycles. The number of aromatic nitrogens is 1. The summed E-state index contributed by atoms with van der Waals surface area (Å²) in [5.74, 6) is 0.671. The van der Waals surface area contributed by atoms with Gasteiger partial charge in [-0.05, 0) is 19.1 Å². The molecule has 96 valence electrons. The van der Waals surface area contributed by atoms with Crippen LogP contribution in [-0.2, 0) is 9.84 Å². The summed E-state index contributed by atoms with van der Waals surface area (Å²) < 4.78 is 24.9. The summed E-state index contributed by atoms with van der Waals surface area (Å²) in [4.78, 5) is 4.68. The van der Waals surface area contributed by atoms with Crippen molar-refractivity contribution in [1.82, 2.24) is 4.98 Å². The van der Waals surface area contributed by atoms with Gasteiger partial charge in [-0.15, -0.1) is 11.3 Å². The van der Waals surface area contributed by atoms with E-state index in [1.165, 1.54) is 11.8 Å². The van der Waals surface area contributed by atoms with Crippen molar-refractivity contribution < 1.29 is 8.42 Å².